The smallest absolute Gasteiger partial charge is 0.264 e. The Bertz CT molecular complexity index is 1240. The summed E-state index contributed by atoms with van der Waals surface area (Å²) in [5, 5.41) is 3.08. The molecular weight excluding hydrogens is 462 g/mol. The van der Waals surface area contributed by atoms with E-state index in [-0.39, 0.29) is 23.4 Å². The van der Waals surface area contributed by atoms with Crippen LogP contribution in [0.25, 0.3) is 0 Å². The standard InChI is InChI=1S/C27H31N3O4S/c1-3-30(24-9-5-4-6-10-24)35(32,33)26-11-7-8-21(20-26)27(31)28-22-16-18-29(19-17-22)23-12-14-25(34-2)15-13-23/h4-15,20,22H,3,16-19H2,1-2H3,(H,28,31). The summed E-state index contributed by atoms with van der Waals surface area (Å²) >= 11 is 0. The fourth-order valence-electron chi connectivity index (χ4n) is 4.35. The Balaban J connectivity index is 1.41. The van der Waals surface area contributed by atoms with Crippen molar-refractivity contribution in [2.24, 2.45) is 0 Å². The molecule has 0 unspecified atom stereocenters. The third-order valence-corrected chi connectivity index (χ3v) is 8.18. The minimum atomic E-state index is -3.80. The SMILES string of the molecule is CCN(c1ccccc1)S(=O)(=O)c1cccc(C(=O)NC2CCN(c3ccc(OC)cc3)CC2)c1. The monoisotopic (exact) mass is 493 g/mol. The number of rotatable bonds is 8. The van der Waals surface area contributed by atoms with Gasteiger partial charge >= 0.3 is 0 Å². The second-order valence-corrected chi connectivity index (χ2v) is 10.3. The number of benzene rings is 3. The molecule has 0 bridgehead atoms. The highest BCUT2D eigenvalue weighted by Crippen LogP contribution is 2.25. The summed E-state index contributed by atoms with van der Waals surface area (Å²) in [5.74, 6) is 0.568. The lowest BCUT2D eigenvalue weighted by atomic mass is 10.0. The number of ether oxygens (including phenoxy) is 1. The van der Waals surface area contributed by atoms with E-state index in [0.717, 1.165) is 37.4 Å². The van der Waals surface area contributed by atoms with Crippen molar-refractivity contribution in [1.29, 1.82) is 0 Å². The number of hydrogen-bond donors (Lipinski definition) is 1. The predicted molar refractivity (Wildman–Crippen MR) is 139 cm³/mol. The molecule has 8 heteroatoms. The number of nitrogens with one attached hydrogen (secondary N) is 1. The summed E-state index contributed by atoms with van der Waals surface area (Å²) in [4.78, 5) is 15.4. The zero-order valence-electron chi connectivity index (χ0n) is 20.1. The maximum Gasteiger partial charge on any atom is 0.264 e. The molecule has 1 fully saturated rings. The summed E-state index contributed by atoms with van der Waals surface area (Å²) in [6.45, 7) is 3.73. The first kappa shape index (κ1) is 24.6. The maximum atomic E-state index is 13.3. The van der Waals surface area contributed by atoms with Crippen LogP contribution in [0.4, 0.5) is 11.4 Å². The molecule has 1 heterocycles. The number of piperidine rings is 1. The molecule has 0 radical (unpaired) electrons. The van der Waals surface area contributed by atoms with E-state index in [1.165, 1.54) is 16.4 Å². The molecule has 0 spiro atoms. The van der Waals surface area contributed by atoms with Crippen LogP contribution in [0.2, 0.25) is 0 Å². The van der Waals surface area contributed by atoms with Crippen LogP contribution in [0.15, 0.2) is 83.8 Å². The van der Waals surface area contributed by atoms with E-state index in [9.17, 15) is 13.2 Å². The van der Waals surface area contributed by atoms with Gasteiger partial charge in [-0.15, -0.1) is 0 Å². The maximum absolute atomic E-state index is 13.3. The van der Waals surface area contributed by atoms with Gasteiger partial charge in [0.25, 0.3) is 15.9 Å². The molecule has 1 aliphatic rings. The molecule has 35 heavy (non-hydrogen) atoms. The summed E-state index contributed by atoms with van der Waals surface area (Å²) in [6.07, 6.45) is 1.63. The molecule has 0 aliphatic carbocycles. The number of para-hydroxylation sites is 1. The summed E-state index contributed by atoms with van der Waals surface area (Å²) < 4.78 is 33.2. The van der Waals surface area contributed by atoms with Crippen molar-refractivity contribution in [2.75, 3.05) is 35.9 Å². The van der Waals surface area contributed by atoms with Gasteiger partial charge in [-0.1, -0.05) is 24.3 Å². The van der Waals surface area contributed by atoms with Gasteiger partial charge in [-0.2, -0.15) is 0 Å². The van der Waals surface area contributed by atoms with Crippen LogP contribution in [0.3, 0.4) is 0 Å². The Labute approximate surface area is 207 Å². The Hall–Kier alpha value is -3.52. The Morgan fingerprint density at radius 3 is 2.31 bits per heavy atom. The minimum Gasteiger partial charge on any atom is -0.497 e. The number of amides is 1. The number of carbonyl (C=O) groups excluding carboxylic acids is 1. The normalized spacial score (nSPS) is 14.4. The van der Waals surface area contributed by atoms with Crippen LogP contribution in [-0.2, 0) is 10.0 Å². The van der Waals surface area contributed by atoms with E-state index in [4.69, 9.17) is 4.74 Å². The number of carbonyl (C=O) groups is 1. The molecule has 184 valence electrons. The molecule has 3 aromatic rings. The number of anilines is 2. The van der Waals surface area contributed by atoms with Crippen molar-refractivity contribution in [3.05, 3.63) is 84.4 Å². The van der Waals surface area contributed by atoms with Gasteiger partial charge in [0.05, 0.1) is 17.7 Å². The third-order valence-electron chi connectivity index (χ3n) is 6.28. The van der Waals surface area contributed by atoms with Crippen LogP contribution >= 0.6 is 0 Å². The lowest BCUT2D eigenvalue weighted by molar-refractivity contribution is 0.0931. The van der Waals surface area contributed by atoms with E-state index < -0.39 is 10.0 Å². The van der Waals surface area contributed by atoms with Crippen molar-refractivity contribution in [1.82, 2.24) is 5.32 Å². The summed E-state index contributed by atoms with van der Waals surface area (Å²) in [6, 6.07) is 23.2. The second kappa shape index (κ2) is 10.8. The largest absolute Gasteiger partial charge is 0.497 e. The number of hydrogen-bond acceptors (Lipinski definition) is 5. The predicted octanol–water partition coefficient (Wildman–Crippen LogP) is 4.31. The van der Waals surface area contributed by atoms with Crippen LogP contribution in [0, 0.1) is 0 Å². The molecule has 0 saturated carbocycles. The first-order valence-corrected chi connectivity index (χ1v) is 13.2. The van der Waals surface area contributed by atoms with Gasteiger partial charge in [0, 0.05) is 36.9 Å². The van der Waals surface area contributed by atoms with Crippen LogP contribution in [-0.4, -0.2) is 47.1 Å². The van der Waals surface area contributed by atoms with Gasteiger partial charge in [0.2, 0.25) is 0 Å². The Kier molecular flexibility index (Phi) is 7.60. The fraction of sp³-hybridized carbons (Fsp3) is 0.296. The van der Waals surface area contributed by atoms with Crippen LogP contribution in [0.5, 0.6) is 5.75 Å². The van der Waals surface area contributed by atoms with Gasteiger partial charge in [0.1, 0.15) is 5.75 Å². The highest BCUT2D eigenvalue weighted by atomic mass is 32.2. The quantitative estimate of drug-likeness (QED) is 0.506. The van der Waals surface area contributed by atoms with Crippen LogP contribution in [0.1, 0.15) is 30.1 Å². The molecule has 3 aromatic carbocycles. The number of nitrogens with zero attached hydrogens (tertiary/aromatic N) is 2. The van der Waals surface area contributed by atoms with E-state index in [2.05, 4.69) is 10.2 Å². The van der Waals surface area contributed by atoms with Gasteiger partial charge in [-0.05, 0) is 74.4 Å². The van der Waals surface area contributed by atoms with E-state index >= 15 is 0 Å². The molecule has 1 N–H and O–H groups in total. The average molecular weight is 494 g/mol. The first-order valence-electron chi connectivity index (χ1n) is 11.8. The lowest BCUT2D eigenvalue weighted by Gasteiger charge is -2.34. The summed E-state index contributed by atoms with van der Waals surface area (Å²) in [7, 11) is -2.15. The molecule has 0 aromatic heterocycles. The molecule has 0 atom stereocenters. The zero-order valence-corrected chi connectivity index (χ0v) is 20.9. The molecule has 1 amide bonds. The van der Waals surface area contributed by atoms with E-state index in [0.29, 0.717) is 11.3 Å². The zero-order chi connectivity index (χ0) is 24.8. The third kappa shape index (κ3) is 5.59. The average Bonchev–Trinajstić information content (AvgIpc) is 2.90. The van der Waals surface area contributed by atoms with Crippen LogP contribution < -0.4 is 19.3 Å². The van der Waals surface area contributed by atoms with E-state index in [1.54, 1.807) is 50.4 Å². The van der Waals surface area contributed by atoms with Gasteiger partial charge in [-0.3, -0.25) is 9.10 Å². The minimum absolute atomic E-state index is 0.0359. The molecular formula is C27H31N3O4S. The fourth-order valence-corrected chi connectivity index (χ4v) is 5.87. The Morgan fingerprint density at radius 2 is 1.69 bits per heavy atom. The van der Waals surface area contributed by atoms with Gasteiger partial charge in [0.15, 0.2) is 0 Å². The highest BCUT2D eigenvalue weighted by molar-refractivity contribution is 7.92. The Morgan fingerprint density at radius 1 is 1.00 bits per heavy atom. The molecule has 7 nitrogen and oxygen atoms in total. The highest BCUT2D eigenvalue weighted by Gasteiger charge is 2.26. The summed E-state index contributed by atoms with van der Waals surface area (Å²) in [5.41, 5.74) is 2.06. The van der Waals surface area contributed by atoms with Crippen molar-refractivity contribution in [3.8, 4) is 5.75 Å². The van der Waals surface area contributed by atoms with Gasteiger partial charge in [-0.25, -0.2) is 8.42 Å². The molecule has 1 saturated heterocycles. The molecule has 4 rings (SSSR count). The number of methoxy groups -OCH3 is 1. The van der Waals surface area contributed by atoms with Crippen molar-refractivity contribution >= 4 is 27.3 Å². The van der Waals surface area contributed by atoms with Crippen molar-refractivity contribution in [2.45, 2.75) is 30.7 Å². The lowest BCUT2D eigenvalue weighted by Crippen LogP contribution is -2.44. The van der Waals surface area contributed by atoms with Crippen molar-refractivity contribution in [3.63, 3.8) is 0 Å². The van der Waals surface area contributed by atoms with Crippen molar-refractivity contribution < 1.29 is 17.9 Å². The second-order valence-electron chi connectivity index (χ2n) is 8.47. The first-order chi connectivity index (χ1) is 16.9. The van der Waals surface area contributed by atoms with E-state index in [1.807, 2.05) is 30.3 Å². The molecule has 1 aliphatic heterocycles. The van der Waals surface area contributed by atoms with Gasteiger partial charge < -0.3 is 15.0 Å². The topological polar surface area (TPSA) is 79.0 Å². The number of sulfonamides is 1.